The first-order valence-electron chi connectivity index (χ1n) is 5.28. The van der Waals surface area contributed by atoms with E-state index in [1.54, 1.807) is 0 Å². The van der Waals surface area contributed by atoms with Crippen LogP contribution in [-0.4, -0.2) is 34.5 Å². The fraction of sp³-hybridized carbons (Fsp3) is 0.250. The number of anilines is 1. The second kappa shape index (κ2) is 5.44. The van der Waals surface area contributed by atoms with Crippen molar-refractivity contribution in [1.29, 1.82) is 0 Å². The zero-order valence-electron chi connectivity index (χ0n) is 9.10. The molecule has 1 aromatic carbocycles. The summed E-state index contributed by atoms with van der Waals surface area (Å²) in [6.07, 6.45) is -0.766. The summed E-state index contributed by atoms with van der Waals surface area (Å²) in [6.45, 7) is 0.0268. The molecule has 1 aromatic heterocycles. The summed E-state index contributed by atoms with van der Waals surface area (Å²) in [7, 11) is 0. The maximum absolute atomic E-state index is 9.22. The highest BCUT2D eigenvalue weighted by atomic mass is 79.9. The number of hydrogen-bond acceptors (Lipinski definition) is 4. The summed E-state index contributed by atoms with van der Waals surface area (Å²) < 4.78 is 1.02. The van der Waals surface area contributed by atoms with Crippen LogP contribution >= 0.6 is 15.9 Å². The average Bonchev–Trinajstić information content (AvgIpc) is 2.35. The third-order valence-electron chi connectivity index (χ3n) is 2.38. The maximum Gasteiger partial charge on any atom is 0.126 e. The standard InChI is InChI=1S/C12H13BrN2O2/c13-9-2-3-11-8(5-9)1-4-12(15-11)14-6-10(17)7-16/h1-5,10,16-17H,6-7H2,(H,14,15)/t10-/m1/s1. The fourth-order valence-corrected chi connectivity index (χ4v) is 1.86. The van der Waals surface area contributed by atoms with Gasteiger partial charge in [-0.15, -0.1) is 0 Å². The number of benzene rings is 1. The Balaban J connectivity index is 2.17. The number of aromatic nitrogens is 1. The van der Waals surface area contributed by atoms with Gasteiger partial charge < -0.3 is 15.5 Å². The molecule has 0 aliphatic heterocycles. The molecule has 0 unspecified atom stereocenters. The van der Waals surface area contributed by atoms with Crippen molar-refractivity contribution in [2.45, 2.75) is 6.10 Å². The van der Waals surface area contributed by atoms with Crippen molar-refractivity contribution in [2.24, 2.45) is 0 Å². The van der Waals surface area contributed by atoms with Crippen LogP contribution in [-0.2, 0) is 0 Å². The van der Waals surface area contributed by atoms with Crippen LogP contribution in [0.5, 0.6) is 0 Å². The van der Waals surface area contributed by atoms with Crippen LogP contribution in [0.25, 0.3) is 10.9 Å². The van der Waals surface area contributed by atoms with E-state index in [1.165, 1.54) is 0 Å². The van der Waals surface area contributed by atoms with Gasteiger partial charge >= 0.3 is 0 Å². The van der Waals surface area contributed by atoms with Crippen molar-refractivity contribution in [3.05, 3.63) is 34.8 Å². The van der Waals surface area contributed by atoms with Crippen molar-refractivity contribution >= 4 is 32.7 Å². The number of halogens is 1. The van der Waals surface area contributed by atoms with Crippen LogP contribution in [0.15, 0.2) is 34.8 Å². The Labute approximate surface area is 107 Å². The predicted octanol–water partition coefficient (Wildman–Crippen LogP) is 1.76. The van der Waals surface area contributed by atoms with Crippen LogP contribution in [0.1, 0.15) is 0 Å². The molecule has 0 amide bonds. The van der Waals surface area contributed by atoms with Crippen LogP contribution in [0, 0.1) is 0 Å². The summed E-state index contributed by atoms with van der Waals surface area (Å²) >= 11 is 3.41. The number of nitrogens with zero attached hydrogens (tertiary/aromatic N) is 1. The molecule has 1 heterocycles. The molecule has 4 nitrogen and oxygen atoms in total. The topological polar surface area (TPSA) is 65.4 Å². The van der Waals surface area contributed by atoms with Crippen molar-refractivity contribution < 1.29 is 10.2 Å². The van der Waals surface area contributed by atoms with Crippen LogP contribution < -0.4 is 5.32 Å². The minimum absolute atomic E-state index is 0.256. The van der Waals surface area contributed by atoms with Gasteiger partial charge in [-0.2, -0.15) is 0 Å². The van der Waals surface area contributed by atoms with E-state index in [9.17, 15) is 5.11 Å². The minimum Gasteiger partial charge on any atom is -0.394 e. The van der Waals surface area contributed by atoms with Gasteiger partial charge in [0, 0.05) is 16.4 Å². The second-order valence-electron chi connectivity index (χ2n) is 3.75. The monoisotopic (exact) mass is 296 g/mol. The van der Waals surface area contributed by atoms with Gasteiger partial charge in [0.1, 0.15) is 5.82 Å². The first-order valence-corrected chi connectivity index (χ1v) is 6.07. The van der Waals surface area contributed by atoms with Gasteiger partial charge in [0.05, 0.1) is 18.2 Å². The molecule has 2 rings (SSSR count). The zero-order chi connectivity index (χ0) is 12.3. The molecule has 0 aliphatic carbocycles. The van der Waals surface area contributed by atoms with E-state index in [-0.39, 0.29) is 13.2 Å². The first kappa shape index (κ1) is 12.3. The Morgan fingerprint density at radius 1 is 1.29 bits per heavy atom. The number of pyridine rings is 1. The van der Waals surface area contributed by atoms with Crippen molar-refractivity contribution in [3.63, 3.8) is 0 Å². The normalized spacial score (nSPS) is 12.6. The predicted molar refractivity (Wildman–Crippen MR) is 71.0 cm³/mol. The van der Waals surface area contributed by atoms with Gasteiger partial charge in [-0.05, 0) is 30.3 Å². The van der Waals surface area contributed by atoms with E-state index in [0.29, 0.717) is 5.82 Å². The van der Waals surface area contributed by atoms with E-state index >= 15 is 0 Å². The van der Waals surface area contributed by atoms with Gasteiger partial charge in [-0.1, -0.05) is 15.9 Å². The minimum atomic E-state index is -0.766. The smallest absolute Gasteiger partial charge is 0.126 e. The van der Waals surface area contributed by atoms with Gasteiger partial charge in [-0.25, -0.2) is 4.98 Å². The molecule has 90 valence electrons. The van der Waals surface area contributed by atoms with E-state index in [0.717, 1.165) is 15.4 Å². The third kappa shape index (κ3) is 3.15. The Morgan fingerprint density at radius 2 is 2.12 bits per heavy atom. The maximum atomic E-state index is 9.22. The molecule has 0 saturated heterocycles. The van der Waals surface area contributed by atoms with E-state index in [2.05, 4.69) is 26.2 Å². The molecule has 0 fully saturated rings. The van der Waals surface area contributed by atoms with Gasteiger partial charge in [0.2, 0.25) is 0 Å². The molecule has 17 heavy (non-hydrogen) atoms. The number of aliphatic hydroxyl groups excluding tert-OH is 2. The first-order chi connectivity index (χ1) is 8.19. The fourth-order valence-electron chi connectivity index (χ4n) is 1.48. The lowest BCUT2D eigenvalue weighted by Crippen LogP contribution is -2.23. The highest BCUT2D eigenvalue weighted by Crippen LogP contribution is 2.19. The van der Waals surface area contributed by atoms with Gasteiger partial charge in [-0.3, -0.25) is 0 Å². The number of rotatable bonds is 4. The number of hydrogen-bond donors (Lipinski definition) is 3. The Bertz CT molecular complexity index is 519. The molecule has 1 atom stereocenters. The van der Waals surface area contributed by atoms with Crippen molar-refractivity contribution in [2.75, 3.05) is 18.5 Å². The number of nitrogens with one attached hydrogen (secondary N) is 1. The van der Waals surface area contributed by atoms with E-state index < -0.39 is 6.10 Å². The SMILES string of the molecule is OC[C@H](O)CNc1ccc2cc(Br)ccc2n1. The molecular weight excluding hydrogens is 284 g/mol. The molecule has 5 heteroatoms. The van der Waals surface area contributed by atoms with Crippen molar-refractivity contribution in [3.8, 4) is 0 Å². The van der Waals surface area contributed by atoms with Crippen LogP contribution in [0.3, 0.4) is 0 Å². The van der Waals surface area contributed by atoms with E-state index in [4.69, 9.17) is 5.11 Å². The van der Waals surface area contributed by atoms with Crippen molar-refractivity contribution in [1.82, 2.24) is 4.98 Å². The summed E-state index contributed by atoms with van der Waals surface area (Å²) in [5, 5.41) is 21.9. The van der Waals surface area contributed by atoms with Gasteiger partial charge in [0.15, 0.2) is 0 Å². The van der Waals surface area contributed by atoms with Gasteiger partial charge in [0.25, 0.3) is 0 Å². The Morgan fingerprint density at radius 3 is 2.88 bits per heavy atom. The molecule has 0 radical (unpaired) electrons. The molecule has 0 bridgehead atoms. The molecule has 0 aliphatic rings. The molecule has 3 N–H and O–H groups in total. The lowest BCUT2D eigenvalue weighted by molar-refractivity contribution is 0.105. The third-order valence-corrected chi connectivity index (χ3v) is 2.87. The highest BCUT2D eigenvalue weighted by molar-refractivity contribution is 9.10. The highest BCUT2D eigenvalue weighted by Gasteiger charge is 2.03. The molecular formula is C12H13BrN2O2. The number of aliphatic hydroxyl groups is 2. The summed E-state index contributed by atoms with van der Waals surface area (Å²) in [4.78, 5) is 4.40. The zero-order valence-corrected chi connectivity index (χ0v) is 10.7. The average molecular weight is 297 g/mol. The Kier molecular flexibility index (Phi) is 3.93. The largest absolute Gasteiger partial charge is 0.394 e. The lowest BCUT2D eigenvalue weighted by Gasteiger charge is -2.10. The van der Waals surface area contributed by atoms with E-state index in [1.807, 2.05) is 30.3 Å². The summed E-state index contributed by atoms with van der Waals surface area (Å²) in [6, 6.07) is 9.66. The molecule has 2 aromatic rings. The Hall–Kier alpha value is -1.17. The summed E-state index contributed by atoms with van der Waals surface area (Å²) in [5.74, 6) is 0.687. The van der Waals surface area contributed by atoms with Crippen LogP contribution in [0.4, 0.5) is 5.82 Å². The molecule has 0 spiro atoms. The quantitative estimate of drug-likeness (QED) is 0.804. The summed E-state index contributed by atoms with van der Waals surface area (Å²) in [5.41, 5.74) is 0.886. The number of fused-ring (bicyclic) bond motifs is 1. The van der Waals surface area contributed by atoms with Crippen LogP contribution in [0.2, 0.25) is 0 Å². The second-order valence-corrected chi connectivity index (χ2v) is 4.67. The lowest BCUT2D eigenvalue weighted by atomic mass is 10.2. The molecule has 0 saturated carbocycles.